The molecule has 13 heavy (non-hydrogen) atoms. The first-order valence-corrected chi connectivity index (χ1v) is 3.59. The average molecular weight is 172 g/mol. The number of hydrogen-bond donors (Lipinski definition) is 0. The molecule has 0 fully saturated rings. The van der Waals surface area contributed by atoms with E-state index in [0.717, 1.165) is 0 Å². The fourth-order valence-corrected chi connectivity index (χ4v) is 1.18. The molecule has 1 aliphatic rings. The van der Waals surface area contributed by atoms with E-state index in [1.54, 1.807) is 6.07 Å². The van der Waals surface area contributed by atoms with Crippen molar-refractivity contribution in [1.82, 2.24) is 0 Å². The summed E-state index contributed by atoms with van der Waals surface area (Å²) in [6.45, 7) is 0. The van der Waals surface area contributed by atoms with Crippen LogP contribution in [-0.2, 0) is 4.74 Å². The highest BCUT2D eigenvalue weighted by atomic mass is 16.6. The van der Waals surface area contributed by atoms with Gasteiger partial charge in [0.25, 0.3) is 0 Å². The summed E-state index contributed by atoms with van der Waals surface area (Å²) < 4.78 is 4.38. The van der Waals surface area contributed by atoms with Gasteiger partial charge in [0.15, 0.2) is 0 Å². The molecular formula is C10H4O3. The van der Waals surface area contributed by atoms with E-state index in [2.05, 4.69) is 10.7 Å². The van der Waals surface area contributed by atoms with Gasteiger partial charge in [-0.3, -0.25) is 0 Å². The van der Waals surface area contributed by atoms with Gasteiger partial charge < -0.3 is 4.74 Å². The summed E-state index contributed by atoms with van der Waals surface area (Å²) in [7, 11) is 0. The van der Waals surface area contributed by atoms with Gasteiger partial charge in [-0.1, -0.05) is 5.92 Å². The monoisotopic (exact) mass is 172 g/mol. The number of carbonyl (C=O) groups is 2. The quantitative estimate of drug-likeness (QED) is 0.333. The molecule has 0 atom stereocenters. The molecule has 1 aliphatic heterocycles. The van der Waals surface area contributed by atoms with Gasteiger partial charge in [-0.2, -0.15) is 0 Å². The number of benzene rings is 1. The molecule has 0 radical (unpaired) electrons. The van der Waals surface area contributed by atoms with Gasteiger partial charge in [0, 0.05) is 5.56 Å². The molecule has 0 aromatic heterocycles. The van der Waals surface area contributed by atoms with Gasteiger partial charge in [-0.05, 0) is 18.2 Å². The first kappa shape index (κ1) is 7.56. The topological polar surface area (TPSA) is 43.4 Å². The lowest BCUT2D eigenvalue weighted by Gasteiger charge is -1.92. The number of fused-ring (bicyclic) bond motifs is 1. The van der Waals surface area contributed by atoms with Crippen molar-refractivity contribution in [2.45, 2.75) is 0 Å². The van der Waals surface area contributed by atoms with Crippen LogP contribution < -0.4 is 0 Å². The maximum atomic E-state index is 11.0. The van der Waals surface area contributed by atoms with Crippen molar-refractivity contribution in [3.63, 3.8) is 0 Å². The van der Waals surface area contributed by atoms with E-state index in [9.17, 15) is 9.59 Å². The Bertz CT molecular complexity index is 452. The van der Waals surface area contributed by atoms with Crippen LogP contribution >= 0.6 is 0 Å². The average Bonchev–Trinajstić information content (AvgIpc) is 2.42. The molecule has 0 spiro atoms. The number of carbonyl (C=O) groups excluding carboxylic acids is 2. The Hall–Kier alpha value is -2.08. The Morgan fingerprint density at radius 1 is 1.15 bits per heavy atom. The predicted molar refractivity (Wildman–Crippen MR) is 44.1 cm³/mol. The Kier molecular flexibility index (Phi) is 1.43. The van der Waals surface area contributed by atoms with Gasteiger partial charge in [0.05, 0.1) is 11.1 Å². The molecule has 1 aromatic rings. The van der Waals surface area contributed by atoms with E-state index >= 15 is 0 Å². The van der Waals surface area contributed by atoms with Crippen LogP contribution in [0.3, 0.4) is 0 Å². The smallest absolute Gasteiger partial charge is 0.346 e. The Labute approximate surface area is 74.3 Å². The zero-order valence-corrected chi connectivity index (χ0v) is 6.53. The minimum Gasteiger partial charge on any atom is -0.386 e. The van der Waals surface area contributed by atoms with Gasteiger partial charge in [0.2, 0.25) is 0 Å². The zero-order chi connectivity index (χ0) is 9.42. The van der Waals surface area contributed by atoms with Crippen molar-refractivity contribution in [2.24, 2.45) is 0 Å². The van der Waals surface area contributed by atoms with Crippen molar-refractivity contribution in [1.29, 1.82) is 0 Å². The van der Waals surface area contributed by atoms with E-state index in [-0.39, 0.29) is 11.1 Å². The number of ether oxygens (including phenoxy) is 1. The molecule has 0 saturated carbocycles. The van der Waals surface area contributed by atoms with Crippen LogP contribution in [0.4, 0.5) is 0 Å². The maximum Gasteiger partial charge on any atom is 0.346 e. The summed E-state index contributed by atoms with van der Waals surface area (Å²) in [6.07, 6.45) is 5.14. The second-order valence-electron chi connectivity index (χ2n) is 2.58. The molecular weight excluding hydrogens is 168 g/mol. The molecule has 62 valence electrons. The first-order chi connectivity index (χ1) is 6.22. The van der Waals surface area contributed by atoms with Crippen molar-refractivity contribution in [3.8, 4) is 12.3 Å². The van der Waals surface area contributed by atoms with Crippen LogP contribution in [-0.4, -0.2) is 11.9 Å². The summed E-state index contributed by atoms with van der Waals surface area (Å²) >= 11 is 0. The summed E-state index contributed by atoms with van der Waals surface area (Å²) in [5, 5.41) is 0. The molecule has 0 unspecified atom stereocenters. The lowest BCUT2D eigenvalue weighted by atomic mass is 10.1. The Balaban J connectivity index is 2.67. The lowest BCUT2D eigenvalue weighted by molar-refractivity contribution is 0.0444. The van der Waals surface area contributed by atoms with Gasteiger partial charge >= 0.3 is 11.9 Å². The normalized spacial score (nSPS) is 13.5. The number of hydrogen-bond acceptors (Lipinski definition) is 3. The third-order valence-electron chi connectivity index (χ3n) is 1.81. The van der Waals surface area contributed by atoms with Crippen LogP contribution in [0.2, 0.25) is 0 Å². The summed E-state index contributed by atoms with van der Waals surface area (Å²) in [5.74, 6) is 1.14. The molecule has 0 N–H and O–H groups in total. The molecule has 0 bridgehead atoms. The van der Waals surface area contributed by atoms with Crippen LogP contribution in [0.15, 0.2) is 18.2 Å². The minimum atomic E-state index is -0.628. The molecule has 3 heteroatoms. The number of cyclic esters (lactones) is 2. The zero-order valence-electron chi connectivity index (χ0n) is 6.53. The van der Waals surface area contributed by atoms with Gasteiger partial charge in [0.1, 0.15) is 0 Å². The fraction of sp³-hybridized carbons (Fsp3) is 0. The Morgan fingerprint density at radius 3 is 2.54 bits per heavy atom. The van der Waals surface area contributed by atoms with Crippen LogP contribution in [0, 0.1) is 12.3 Å². The van der Waals surface area contributed by atoms with Crippen LogP contribution in [0.25, 0.3) is 0 Å². The van der Waals surface area contributed by atoms with Crippen LogP contribution in [0.5, 0.6) is 0 Å². The summed E-state index contributed by atoms with van der Waals surface area (Å²) in [4.78, 5) is 22.0. The highest BCUT2D eigenvalue weighted by Crippen LogP contribution is 2.20. The molecule has 3 nitrogen and oxygen atoms in total. The van der Waals surface area contributed by atoms with Crippen LogP contribution in [0.1, 0.15) is 26.3 Å². The van der Waals surface area contributed by atoms with Crippen molar-refractivity contribution >= 4 is 11.9 Å². The van der Waals surface area contributed by atoms with E-state index < -0.39 is 11.9 Å². The highest BCUT2D eigenvalue weighted by molar-refractivity contribution is 6.14. The van der Waals surface area contributed by atoms with E-state index in [1.807, 2.05) is 0 Å². The Morgan fingerprint density at radius 2 is 1.85 bits per heavy atom. The van der Waals surface area contributed by atoms with E-state index in [4.69, 9.17) is 6.42 Å². The third-order valence-corrected chi connectivity index (χ3v) is 1.81. The van der Waals surface area contributed by atoms with Crippen molar-refractivity contribution in [3.05, 3.63) is 34.9 Å². The molecule has 0 amide bonds. The molecule has 1 aromatic carbocycles. The number of terminal acetylenes is 1. The van der Waals surface area contributed by atoms with Gasteiger partial charge in [-0.15, -0.1) is 6.42 Å². The second-order valence-corrected chi connectivity index (χ2v) is 2.58. The standard InChI is InChI=1S/C10H4O3/c1-2-6-3-4-7-8(5-6)10(12)13-9(7)11/h1,3-5H. The molecule has 0 aliphatic carbocycles. The van der Waals surface area contributed by atoms with E-state index in [0.29, 0.717) is 5.56 Å². The largest absolute Gasteiger partial charge is 0.386 e. The first-order valence-electron chi connectivity index (χ1n) is 3.59. The van der Waals surface area contributed by atoms with Crippen molar-refractivity contribution < 1.29 is 14.3 Å². The second kappa shape index (κ2) is 2.46. The number of rotatable bonds is 0. The predicted octanol–water partition coefficient (Wildman–Crippen LogP) is 0.979. The van der Waals surface area contributed by atoms with Gasteiger partial charge in [-0.25, -0.2) is 9.59 Å². The third kappa shape index (κ3) is 1.00. The SMILES string of the molecule is C#Cc1ccc2c(c1)C(=O)OC2=O. The maximum absolute atomic E-state index is 11.0. The minimum absolute atomic E-state index is 0.250. The number of esters is 2. The molecule has 2 rings (SSSR count). The fourth-order valence-electron chi connectivity index (χ4n) is 1.18. The summed E-state index contributed by atoms with van der Waals surface area (Å²) in [6, 6.07) is 4.57. The van der Waals surface area contributed by atoms with E-state index in [1.165, 1.54) is 12.1 Å². The molecule has 0 saturated heterocycles. The lowest BCUT2D eigenvalue weighted by Crippen LogP contribution is -1.96. The van der Waals surface area contributed by atoms with Crippen molar-refractivity contribution in [2.75, 3.05) is 0 Å². The summed E-state index contributed by atoms with van der Waals surface area (Å²) in [5.41, 5.74) is 1.09. The highest BCUT2D eigenvalue weighted by Gasteiger charge is 2.29. The molecule has 1 heterocycles.